The molecule has 0 amide bonds. The molecular weight excluding hydrogens is 252 g/mol. The predicted octanol–water partition coefficient (Wildman–Crippen LogP) is 2.96. The highest BCUT2D eigenvalue weighted by Crippen LogP contribution is 2.24. The van der Waals surface area contributed by atoms with Gasteiger partial charge in [-0.1, -0.05) is 6.92 Å². The fraction of sp³-hybridized carbons (Fsp3) is 0.692. The van der Waals surface area contributed by atoms with Gasteiger partial charge in [0.1, 0.15) is 0 Å². The topological polar surface area (TPSA) is 29.3 Å². The molecule has 0 aliphatic carbocycles. The summed E-state index contributed by atoms with van der Waals surface area (Å²) >= 11 is 1.91. The lowest BCUT2D eigenvalue weighted by atomic mass is 9.94. The Morgan fingerprint density at radius 2 is 2.18 bits per heavy atom. The van der Waals surface area contributed by atoms with Crippen LogP contribution in [-0.2, 0) is 6.54 Å². The third-order valence-corrected chi connectivity index (χ3v) is 4.60. The van der Waals surface area contributed by atoms with Crippen molar-refractivity contribution in [1.29, 1.82) is 0 Å². The van der Waals surface area contributed by atoms with E-state index in [0.29, 0.717) is 12.0 Å². The molecule has 2 rings (SSSR count). The van der Waals surface area contributed by atoms with Gasteiger partial charge in [-0.05, 0) is 44.4 Å². The van der Waals surface area contributed by atoms with Gasteiger partial charge in [0.05, 0.1) is 0 Å². The van der Waals surface area contributed by atoms with E-state index in [1.165, 1.54) is 15.3 Å². The van der Waals surface area contributed by atoms with Gasteiger partial charge in [-0.3, -0.25) is 4.90 Å². The Hall–Kier alpha value is -0.0900. The molecule has 0 bridgehead atoms. The number of hydrogen-bond acceptors (Lipinski definition) is 3. The molecule has 0 aromatic carbocycles. The van der Waals surface area contributed by atoms with Crippen LogP contribution in [0.15, 0.2) is 6.07 Å². The van der Waals surface area contributed by atoms with Crippen LogP contribution in [0.2, 0.25) is 0 Å². The third-order valence-electron chi connectivity index (χ3n) is 3.59. The molecule has 1 aliphatic heterocycles. The van der Waals surface area contributed by atoms with Gasteiger partial charge in [0.25, 0.3) is 0 Å². The standard InChI is InChI=1S/C13H22N2S.ClH/c1-9-7-15(5-4-13(9)14)8-12-6-10(2)16-11(12)3;/h6,9,13H,4-5,7-8,14H2,1-3H3;1H. The van der Waals surface area contributed by atoms with Crippen LogP contribution in [0.4, 0.5) is 0 Å². The van der Waals surface area contributed by atoms with Crippen molar-refractivity contribution in [2.24, 2.45) is 11.7 Å². The number of aryl methyl sites for hydroxylation is 2. The summed E-state index contributed by atoms with van der Waals surface area (Å²) in [7, 11) is 0. The highest BCUT2D eigenvalue weighted by molar-refractivity contribution is 7.12. The van der Waals surface area contributed by atoms with Gasteiger partial charge in [0.15, 0.2) is 0 Å². The summed E-state index contributed by atoms with van der Waals surface area (Å²) in [6.45, 7) is 10.1. The minimum atomic E-state index is 0. The maximum atomic E-state index is 6.04. The zero-order valence-corrected chi connectivity index (χ0v) is 12.5. The van der Waals surface area contributed by atoms with Crippen LogP contribution < -0.4 is 5.73 Å². The summed E-state index contributed by atoms with van der Waals surface area (Å²) in [5, 5.41) is 0. The van der Waals surface area contributed by atoms with E-state index in [1.807, 2.05) is 11.3 Å². The molecule has 2 N–H and O–H groups in total. The second-order valence-corrected chi connectivity index (χ2v) is 6.56. The van der Waals surface area contributed by atoms with E-state index in [4.69, 9.17) is 5.73 Å². The molecule has 1 aromatic rings. The lowest BCUT2D eigenvalue weighted by molar-refractivity contribution is 0.158. The average molecular weight is 275 g/mol. The van der Waals surface area contributed by atoms with Crippen LogP contribution in [0.3, 0.4) is 0 Å². The fourth-order valence-corrected chi connectivity index (χ4v) is 3.41. The SMILES string of the molecule is Cc1cc(CN2CCC(N)C(C)C2)c(C)s1.Cl. The molecule has 2 unspecified atom stereocenters. The van der Waals surface area contributed by atoms with Gasteiger partial charge < -0.3 is 5.73 Å². The maximum absolute atomic E-state index is 6.04. The maximum Gasteiger partial charge on any atom is 0.0244 e. The van der Waals surface area contributed by atoms with E-state index in [9.17, 15) is 0 Å². The van der Waals surface area contributed by atoms with Gasteiger partial charge in [0, 0.05) is 28.9 Å². The van der Waals surface area contributed by atoms with Gasteiger partial charge in [-0.15, -0.1) is 23.7 Å². The number of thiophene rings is 1. The summed E-state index contributed by atoms with van der Waals surface area (Å²) in [4.78, 5) is 5.44. The van der Waals surface area contributed by atoms with Gasteiger partial charge in [-0.2, -0.15) is 0 Å². The Morgan fingerprint density at radius 1 is 1.47 bits per heavy atom. The number of nitrogens with two attached hydrogens (primary N) is 1. The van der Waals surface area contributed by atoms with Crippen molar-refractivity contribution >= 4 is 23.7 Å². The molecule has 4 heteroatoms. The predicted molar refractivity (Wildman–Crippen MR) is 78.1 cm³/mol. The van der Waals surface area contributed by atoms with E-state index in [-0.39, 0.29) is 12.4 Å². The van der Waals surface area contributed by atoms with Gasteiger partial charge in [0.2, 0.25) is 0 Å². The number of nitrogens with zero attached hydrogens (tertiary/aromatic N) is 1. The summed E-state index contributed by atoms with van der Waals surface area (Å²) in [5.74, 6) is 0.633. The Kier molecular flexibility index (Phi) is 5.45. The van der Waals surface area contributed by atoms with Crippen molar-refractivity contribution in [2.45, 2.75) is 39.8 Å². The summed E-state index contributed by atoms with van der Waals surface area (Å²) < 4.78 is 0. The number of hydrogen-bond donors (Lipinski definition) is 1. The van der Waals surface area contributed by atoms with Gasteiger partial charge in [-0.25, -0.2) is 0 Å². The lowest BCUT2D eigenvalue weighted by Crippen LogP contribution is -2.45. The first-order valence-corrected chi connectivity index (χ1v) is 6.91. The smallest absolute Gasteiger partial charge is 0.0244 e. The van der Waals surface area contributed by atoms with Crippen molar-refractivity contribution in [1.82, 2.24) is 4.90 Å². The highest BCUT2D eigenvalue weighted by atomic mass is 35.5. The summed E-state index contributed by atoms with van der Waals surface area (Å²) in [6.07, 6.45) is 1.14. The van der Waals surface area contributed by atoms with Crippen LogP contribution in [-0.4, -0.2) is 24.0 Å². The van der Waals surface area contributed by atoms with E-state index >= 15 is 0 Å². The Bertz CT molecular complexity index is 364. The monoisotopic (exact) mass is 274 g/mol. The van der Waals surface area contributed by atoms with Crippen LogP contribution >= 0.6 is 23.7 Å². The Labute approximate surface area is 115 Å². The molecule has 2 heterocycles. The molecule has 1 fully saturated rings. The highest BCUT2D eigenvalue weighted by Gasteiger charge is 2.23. The van der Waals surface area contributed by atoms with E-state index < -0.39 is 0 Å². The zero-order chi connectivity index (χ0) is 11.7. The second-order valence-electron chi connectivity index (χ2n) is 5.10. The molecule has 2 atom stereocenters. The minimum absolute atomic E-state index is 0. The van der Waals surface area contributed by atoms with Crippen molar-refractivity contribution in [3.63, 3.8) is 0 Å². The fourth-order valence-electron chi connectivity index (χ4n) is 2.48. The number of rotatable bonds is 2. The van der Waals surface area contributed by atoms with Crippen LogP contribution in [0.25, 0.3) is 0 Å². The molecule has 1 aromatic heterocycles. The molecule has 0 radical (unpaired) electrons. The first-order valence-electron chi connectivity index (χ1n) is 6.10. The molecule has 1 aliphatic rings. The van der Waals surface area contributed by atoms with Crippen molar-refractivity contribution in [2.75, 3.05) is 13.1 Å². The van der Waals surface area contributed by atoms with Crippen LogP contribution in [0.5, 0.6) is 0 Å². The van der Waals surface area contributed by atoms with Crippen LogP contribution in [0.1, 0.15) is 28.7 Å². The molecule has 17 heavy (non-hydrogen) atoms. The molecular formula is C13H23ClN2S. The largest absolute Gasteiger partial charge is 0.327 e. The van der Waals surface area contributed by atoms with Crippen molar-refractivity contribution in [3.05, 3.63) is 21.4 Å². The van der Waals surface area contributed by atoms with Crippen molar-refractivity contribution < 1.29 is 0 Å². The Morgan fingerprint density at radius 3 is 2.71 bits per heavy atom. The van der Waals surface area contributed by atoms with Gasteiger partial charge >= 0.3 is 0 Å². The first kappa shape index (κ1) is 15.0. The number of piperidine rings is 1. The summed E-state index contributed by atoms with van der Waals surface area (Å²) in [6, 6.07) is 2.74. The molecule has 1 saturated heterocycles. The summed E-state index contributed by atoms with van der Waals surface area (Å²) in [5.41, 5.74) is 7.55. The normalized spacial score (nSPS) is 25.6. The van der Waals surface area contributed by atoms with Crippen molar-refractivity contribution in [3.8, 4) is 0 Å². The first-order chi connectivity index (χ1) is 7.56. The average Bonchev–Trinajstić information content (AvgIpc) is 2.51. The van der Waals surface area contributed by atoms with Crippen LogP contribution in [0, 0.1) is 19.8 Å². The lowest BCUT2D eigenvalue weighted by Gasteiger charge is -2.35. The van der Waals surface area contributed by atoms with E-state index in [2.05, 4.69) is 31.7 Å². The second kappa shape index (κ2) is 6.19. The molecule has 0 spiro atoms. The third kappa shape index (κ3) is 3.68. The quantitative estimate of drug-likeness (QED) is 0.898. The Balaban J connectivity index is 0.00000144. The van der Waals surface area contributed by atoms with E-state index in [0.717, 1.165) is 26.1 Å². The number of halogens is 1. The molecule has 98 valence electrons. The number of likely N-dealkylation sites (tertiary alicyclic amines) is 1. The zero-order valence-electron chi connectivity index (χ0n) is 10.9. The molecule has 2 nitrogen and oxygen atoms in total. The van der Waals surface area contributed by atoms with E-state index in [1.54, 1.807) is 0 Å². The minimum Gasteiger partial charge on any atom is -0.327 e. The molecule has 0 saturated carbocycles.